The molecule has 1 saturated heterocycles. The molecular weight excluding hydrogens is 278 g/mol. The minimum absolute atomic E-state index is 0.595. The Morgan fingerprint density at radius 3 is 3.00 bits per heavy atom. The summed E-state index contributed by atoms with van der Waals surface area (Å²) >= 11 is 1.83. The summed E-state index contributed by atoms with van der Waals surface area (Å²) in [6.45, 7) is 7.85. The monoisotopic (exact) mass is 303 g/mol. The largest absolute Gasteiger partial charge is 0.344 e. The fourth-order valence-corrected chi connectivity index (χ4v) is 4.05. The highest BCUT2D eigenvalue weighted by atomic mass is 32.1. The minimum Gasteiger partial charge on any atom is -0.344 e. The van der Waals surface area contributed by atoms with Crippen molar-refractivity contribution in [3.63, 3.8) is 0 Å². The molecule has 1 aromatic heterocycles. The lowest BCUT2D eigenvalue weighted by atomic mass is 10.0. The van der Waals surface area contributed by atoms with E-state index in [2.05, 4.69) is 48.3 Å². The number of aromatic nitrogens is 1. The Bertz CT molecular complexity index is 545. The quantitative estimate of drug-likeness (QED) is 0.908. The second-order valence-electron chi connectivity index (χ2n) is 6.36. The number of thiazole rings is 1. The van der Waals surface area contributed by atoms with Crippen molar-refractivity contribution >= 4 is 26.7 Å². The van der Waals surface area contributed by atoms with Gasteiger partial charge in [0.1, 0.15) is 0 Å². The summed E-state index contributed by atoms with van der Waals surface area (Å²) in [7, 11) is 0. The van der Waals surface area contributed by atoms with Crippen LogP contribution in [0.4, 0.5) is 5.13 Å². The Labute approximate surface area is 131 Å². The molecule has 2 heterocycles. The Balaban J connectivity index is 1.73. The van der Waals surface area contributed by atoms with Crippen molar-refractivity contribution < 1.29 is 0 Å². The topological polar surface area (TPSA) is 28.2 Å². The van der Waals surface area contributed by atoms with Gasteiger partial charge in [0.05, 0.1) is 10.2 Å². The van der Waals surface area contributed by atoms with Gasteiger partial charge in [0, 0.05) is 19.1 Å². The van der Waals surface area contributed by atoms with Gasteiger partial charge in [-0.15, -0.1) is 0 Å². The van der Waals surface area contributed by atoms with Gasteiger partial charge in [0.15, 0.2) is 5.13 Å². The Morgan fingerprint density at radius 1 is 1.33 bits per heavy atom. The molecule has 21 heavy (non-hydrogen) atoms. The molecule has 0 amide bonds. The summed E-state index contributed by atoms with van der Waals surface area (Å²) in [5.74, 6) is 0.712. The van der Waals surface area contributed by atoms with Crippen molar-refractivity contribution in [2.24, 2.45) is 5.92 Å². The third-order valence-corrected chi connectivity index (χ3v) is 5.16. The second-order valence-corrected chi connectivity index (χ2v) is 7.37. The number of para-hydroxylation sites is 1. The third-order valence-electron chi connectivity index (χ3n) is 4.09. The molecule has 0 radical (unpaired) electrons. The fourth-order valence-electron chi connectivity index (χ4n) is 2.99. The fraction of sp³-hybridized carbons (Fsp3) is 0.588. The summed E-state index contributed by atoms with van der Waals surface area (Å²) in [5, 5.41) is 4.82. The average Bonchev–Trinajstić information content (AvgIpc) is 2.91. The van der Waals surface area contributed by atoms with Gasteiger partial charge in [-0.2, -0.15) is 0 Å². The highest BCUT2D eigenvalue weighted by Gasteiger charge is 2.24. The molecule has 3 rings (SSSR count). The number of rotatable bonds is 5. The Kier molecular flexibility index (Phi) is 4.76. The van der Waals surface area contributed by atoms with Crippen molar-refractivity contribution in [3.8, 4) is 0 Å². The molecule has 1 unspecified atom stereocenters. The van der Waals surface area contributed by atoms with Crippen LogP contribution in [0.15, 0.2) is 24.3 Å². The van der Waals surface area contributed by atoms with Crippen molar-refractivity contribution in [1.82, 2.24) is 10.3 Å². The lowest BCUT2D eigenvalue weighted by molar-refractivity contribution is 0.423. The van der Waals surface area contributed by atoms with Crippen LogP contribution in [0.3, 0.4) is 0 Å². The molecule has 1 atom stereocenters. The lowest BCUT2D eigenvalue weighted by Crippen LogP contribution is -2.46. The molecule has 0 spiro atoms. The first-order chi connectivity index (χ1) is 10.2. The van der Waals surface area contributed by atoms with Gasteiger partial charge in [-0.05, 0) is 43.9 Å². The van der Waals surface area contributed by atoms with Crippen LogP contribution >= 0.6 is 11.3 Å². The van der Waals surface area contributed by atoms with E-state index in [0.717, 1.165) is 25.2 Å². The highest BCUT2D eigenvalue weighted by molar-refractivity contribution is 7.22. The van der Waals surface area contributed by atoms with E-state index in [1.807, 2.05) is 11.3 Å². The number of anilines is 1. The number of hydrogen-bond donors (Lipinski definition) is 1. The zero-order valence-electron chi connectivity index (χ0n) is 13.0. The average molecular weight is 303 g/mol. The Morgan fingerprint density at radius 2 is 2.19 bits per heavy atom. The molecule has 114 valence electrons. The van der Waals surface area contributed by atoms with Crippen LogP contribution in [-0.4, -0.2) is 30.7 Å². The first kappa shape index (κ1) is 14.8. The van der Waals surface area contributed by atoms with Gasteiger partial charge in [-0.1, -0.05) is 37.3 Å². The van der Waals surface area contributed by atoms with E-state index >= 15 is 0 Å². The Hall–Kier alpha value is -1.13. The van der Waals surface area contributed by atoms with E-state index < -0.39 is 0 Å². The molecule has 2 aromatic rings. The van der Waals surface area contributed by atoms with Crippen molar-refractivity contribution in [2.75, 3.05) is 24.5 Å². The summed E-state index contributed by atoms with van der Waals surface area (Å²) in [6.07, 6.45) is 3.91. The van der Waals surface area contributed by atoms with E-state index in [9.17, 15) is 0 Å². The minimum atomic E-state index is 0.595. The van der Waals surface area contributed by atoms with Gasteiger partial charge in [-0.25, -0.2) is 4.98 Å². The predicted octanol–water partition coefficient (Wildman–Crippen LogP) is 3.90. The van der Waals surface area contributed by atoms with Gasteiger partial charge in [0.2, 0.25) is 0 Å². The summed E-state index contributed by atoms with van der Waals surface area (Å²) in [4.78, 5) is 7.38. The van der Waals surface area contributed by atoms with Crippen molar-refractivity contribution in [2.45, 2.75) is 39.2 Å². The molecule has 0 bridgehead atoms. The maximum Gasteiger partial charge on any atom is 0.186 e. The van der Waals surface area contributed by atoms with Gasteiger partial charge in [0.25, 0.3) is 0 Å². The van der Waals surface area contributed by atoms with E-state index in [1.165, 1.54) is 29.1 Å². The molecule has 4 heteroatoms. The van der Waals surface area contributed by atoms with Crippen LogP contribution in [0.5, 0.6) is 0 Å². The third kappa shape index (κ3) is 3.55. The zero-order valence-corrected chi connectivity index (χ0v) is 13.8. The molecule has 1 aromatic carbocycles. The van der Waals surface area contributed by atoms with Crippen LogP contribution in [0.2, 0.25) is 0 Å². The molecular formula is C17H25N3S. The second kappa shape index (κ2) is 6.75. The smallest absolute Gasteiger partial charge is 0.186 e. The SMILES string of the molecule is CC(C)CNCC1CCCCN1c1nc2ccccc2s1. The van der Waals surface area contributed by atoms with Gasteiger partial charge in [-0.3, -0.25) is 0 Å². The molecule has 1 N–H and O–H groups in total. The van der Waals surface area contributed by atoms with E-state index in [-0.39, 0.29) is 0 Å². The number of fused-ring (bicyclic) bond motifs is 1. The predicted molar refractivity (Wildman–Crippen MR) is 92.3 cm³/mol. The summed E-state index contributed by atoms with van der Waals surface area (Å²) in [5.41, 5.74) is 1.14. The van der Waals surface area contributed by atoms with Crippen LogP contribution in [0.1, 0.15) is 33.1 Å². The number of nitrogens with one attached hydrogen (secondary N) is 1. The number of nitrogens with zero attached hydrogens (tertiary/aromatic N) is 2. The maximum atomic E-state index is 4.85. The van der Waals surface area contributed by atoms with Crippen molar-refractivity contribution in [3.05, 3.63) is 24.3 Å². The summed E-state index contributed by atoms with van der Waals surface area (Å²) < 4.78 is 1.30. The maximum absolute atomic E-state index is 4.85. The van der Waals surface area contributed by atoms with Crippen LogP contribution in [0, 0.1) is 5.92 Å². The van der Waals surface area contributed by atoms with Gasteiger partial charge < -0.3 is 10.2 Å². The standard InChI is InChI=1S/C17H25N3S/c1-13(2)11-18-12-14-7-5-6-10-20(14)17-19-15-8-3-4-9-16(15)21-17/h3-4,8-9,13-14,18H,5-7,10-12H2,1-2H3. The molecule has 1 fully saturated rings. The molecule has 0 aliphatic carbocycles. The lowest BCUT2D eigenvalue weighted by Gasteiger charge is -2.36. The normalized spacial score (nSPS) is 19.6. The van der Waals surface area contributed by atoms with Crippen molar-refractivity contribution in [1.29, 1.82) is 0 Å². The van der Waals surface area contributed by atoms with E-state index in [0.29, 0.717) is 12.0 Å². The van der Waals surface area contributed by atoms with E-state index in [4.69, 9.17) is 4.98 Å². The first-order valence-corrected chi connectivity index (χ1v) is 8.88. The summed E-state index contributed by atoms with van der Waals surface area (Å²) in [6, 6.07) is 9.06. The van der Waals surface area contributed by atoms with Crippen LogP contribution < -0.4 is 10.2 Å². The van der Waals surface area contributed by atoms with Gasteiger partial charge >= 0.3 is 0 Å². The molecule has 0 saturated carbocycles. The number of piperidine rings is 1. The van der Waals surface area contributed by atoms with Crippen LogP contribution in [-0.2, 0) is 0 Å². The van der Waals surface area contributed by atoms with E-state index in [1.54, 1.807) is 0 Å². The molecule has 3 nitrogen and oxygen atoms in total. The number of hydrogen-bond acceptors (Lipinski definition) is 4. The highest BCUT2D eigenvalue weighted by Crippen LogP contribution is 2.32. The number of benzene rings is 1. The molecule has 1 aliphatic heterocycles. The zero-order chi connectivity index (χ0) is 14.7. The van der Waals surface area contributed by atoms with Crippen LogP contribution in [0.25, 0.3) is 10.2 Å². The first-order valence-electron chi connectivity index (χ1n) is 8.07. The molecule has 1 aliphatic rings.